The Bertz CT molecular complexity index is 1040. The first-order chi connectivity index (χ1) is 12.5. The number of aliphatic hydroxyl groups is 1. The monoisotopic (exact) mass is 347 g/mol. The zero-order valence-electron chi connectivity index (χ0n) is 14.2. The Morgan fingerprint density at radius 2 is 1.85 bits per heavy atom. The van der Waals surface area contributed by atoms with Crippen molar-refractivity contribution in [3.8, 4) is 5.75 Å². The highest BCUT2D eigenvalue weighted by atomic mass is 16.5. The maximum absolute atomic E-state index is 12.8. The number of anilines is 1. The van der Waals surface area contributed by atoms with Crippen LogP contribution in [-0.4, -0.2) is 23.9 Å². The molecule has 0 unspecified atom stereocenters. The van der Waals surface area contributed by atoms with E-state index >= 15 is 0 Å². The van der Waals surface area contributed by atoms with E-state index in [0.29, 0.717) is 22.6 Å². The molecule has 0 aliphatic carbocycles. The zero-order valence-corrected chi connectivity index (χ0v) is 14.2. The molecular formula is C21H17NO4. The predicted molar refractivity (Wildman–Crippen MR) is 98.4 cm³/mol. The van der Waals surface area contributed by atoms with Gasteiger partial charge in [0.15, 0.2) is 11.4 Å². The van der Waals surface area contributed by atoms with Gasteiger partial charge in [-0.2, -0.15) is 0 Å². The highest BCUT2D eigenvalue weighted by Gasteiger charge is 2.47. The summed E-state index contributed by atoms with van der Waals surface area (Å²) in [5.41, 5.74) is -0.603. The summed E-state index contributed by atoms with van der Waals surface area (Å²) >= 11 is 0. The van der Waals surface area contributed by atoms with E-state index in [2.05, 4.69) is 5.32 Å². The first kappa shape index (κ1) is 16.3. The summed E-state index contributed by atoms with van der Waals surface area (Å²) in [6.07, 6.45) is -0.336. The summed E-state index contributed by atoms with van der Waals surface area (Å²) in [5.74, 6) is -0.393. The minimum Gasteiger partial charge on any atom is -0.497 e. The lowest BCUT2D eigenvalue weighted by molar-refractivity contribution is -0.133. The average Bonchev–Trinajstić information content (AvgIpc) is 2.91. The highest BCUT2D eigenvalue weighted by Crippen LogP contribution is 2.41. The topological polar surface area (TPSA) is 75.6 Å². The van der Waals surface area contributed by atoms with Crippen molar-refractivity contribution in [2.45, 2.75) is 12.0 Å². The van der Waals surface area contributed by atoms with Gasteiger partial charge in [0, 0.05) is 16.8 Å². The fourth-order valence-corrected chi connectivity index (χ4v) is 3.32. The first-order valence-corrected chi connectivity index (χ1v) is 8.25. The Hall–Kier alpha value is -3.18. The van der Waals surface area contributed by atoms with Gasteiger partial charge in [0.1, 0.15) is 5.75 Å². The maximum atomic E-state index is 12.8. The number of amides is 1. The lowest BCUT2D eigenvalue weighted by Crippen LogP contribution is -2.36. The molecule has 5 heteroatoms. The molecule has 1 aliphatic heterocycles. The Kier molecular flexibility index (Phi) is 3.74. The molecular weight excluding hydrogens is 330 g/mol. The highest BCUT2D eigenvalue weighted by molar-refractivity contribution is 6.10. The summed E-state index contributed by atoms with van der Waals surface area (Å²) < 4.78 is 5.17. The van der Waals surface area contributed by atoms with E-state index in [1.807, 2.05) is 30.3 Å². The van der Waals surface area contributed by atoms with Crippen LogP contribution >= 0.6 is 0 Å². The standard InChI is InChI=1S/C21H17NO4/c1-26-16-8-9-18-17(11-16)21(25,20(24)22-18)12-19(23)15-7-6-13-4-2-3-5-14(13)10-15/h2-11,25H,12H2,1H3,(H,22,24)/t21-/m1/s1. The van der Waals surface area contributed by atoms with Crippen molar-refractivity contribution in [1.82, 2.24) is 0 Å². The molecule has 4 rings (SSSR count). The zero-order chi connectivity index (χ0) is 18.3. The van der Waals surface area contributed by atoms with E-state index in [4.69, 9.17) is 4.74 Å². The van der Waals surface area contributed by atoms with Gasteiger partial charge < -0.3 is 15.2 Å². The number of nitrogens with one attached hydrogen (secondary N) is 1. The third-order valence-electron chi connectivity index (χ3n) is 4.78. The van der Waals surface area contributed by atoms with Crippen LogP contribution in [-0.2, 0) is 10.4 Å². The second-order valence-corrected chi connectivity index (χ2v) is 6.39. The Balaban J connectivity index is 1.69. The molecule has 0 spiro atoms. The Morgan fingerprint density at radius 1 is 1.08 bits per heavy atom. The molecule has 0 fully saturated rings. The van der Waals surface area contributed by atoms with Crippen molar-refractivity contribution >= 4 is 28.2 Å². The molecule has 1 atom stereocenters. The number of carbonyl (C=O) groups excluding carboxylic acids is 2. The minimum absolute atomic E-state index is 0.302. The summed E-state index contributed by atoms with van der Waals surface area (Å²) in [4.78, 5) is 25.2. The smallest absolute Gasteiger partial charge is 0.261 e. The van der Waals surface area contributed by atoms with Crippen molar-refractivity contribution in [1.29, 1.82) is 0 Å². The van der Waals surface area contributed by atoms with E-state index in [1.165, 1.54) is 7.11 Å². The van der Waals surface area contributed by atoms with Gasteiger partial charge in [-0.3, -0.25) is 9.59 Å². The molecule has 2 N–H and O–H groups in total. The number of carbonyl (C=O) groups is 2. The van der Waals surface area contributed by atoms with E-state index in [0.717, 1.165) is 10.8 Å². The van der Waals surface area contributed by atoms with Crippen LogP contribution in [0.15, 0.2) is 60.7 Å². The summed E-state index contributed by atoms with van der Waals surface area (Å²) in [5, 5.41) is 15.6. The van der Waals surface area contributed by atoms with Gasteiger partial charge >= 0.3 is 0 Å². The molecule has 0 bridgehead atoms. The second-order valence-electron chi connectivity index (χ2n) is 6.39. The van der Waals surface area contributed by atoms with Gasteiger partial charge in [-0.05, 0) is 35.0 Å². The minimum atomic E-state index is -1.91. The third kappa shape index (κ3) is 2.53. The predicted octanol–water partition coefficient (Wildman–Crippen LogP) is 3.26. The van der Waals surface area contributed by atoms with Crippen LogP contribution in [0.3, 0.4) is 0 Å². The third-order valence-corrected chi connectivity index (χ3v) is 4.78. The van der Waals surface area contributed by atoms with Crippen LogP contribution < -0.4 is 10.1 Å². The van der Waals surface area contributed by atoms with E-state index < -0.39 is 11.5 Å². The fourth-order valence-electron chi connectivity index (χ4n) is 3.32. The van der Waals surface area contributed by atoms with Gasteiger partial charge in [0.2, 0.25) is 0 Å². The number of ether oxygens (including phenoxy) is 1. The van der Waals surface area contributed by atoms with E-state index in [1.54, 1.807) is 30.3 Å². The SMILES string of the molecule is COc1ccc2c(c1)[C@](O)(CC(=O)c1ccc3ccccc3c1)C(=O)N2. The number of hydrogen-bond acceptors (Lipinski definition) is 4. The first-order valence-electron chi connectivity index (χ1n) is 8.25. The Labute approximate surface area is 150 Å². The molecule has 3 aromatic carbocycles. The largest absolute Gasteiger partial charge is 0.497 e. The average molecular weight is 347 g/mol. The summed E-state index contributed by atoms with van der Waals surface area (Å²) in [6, 6.07) is 18.0. The van der Waals surface area contributed by atoms with Crippen LogP contribution in [0.2, 0.25) is 0 Å². The molecule has 0 aromatic heterocycles. The van der Waals surface area contributed by atoms with Crippen LogP contribution in [0.1, 0.15) is 22.3 Å². The van der Waals surface area contributed by atoms with Crippen molar-refractivity contribution in [2.24, 2.45) is 0 Å². The van der Waals surface area contributed by atoms with Gasteiger partial charge in [-0.1, -0.05) is 36.4 Å². The van der Waals surface area contributed by atoms with Crippen LogP contribution in [0.5, 0.6) is 5.75 Å². The number of fused-ring (bicyclic) bond motifs is 2. The lowest BCUT2D eigenvalue weighted by Gasteiger charge is -2.20. The summed E-state index contributed by atoms with van der Waals surface area (Å²) in [7, 11) is 1.51. The molecule has 0 radical (unpaired) electrons. The number of hydrogen-bond donors (Lipinski definition) is 2. The van der Waals surface area contributed by atoms with Gasteiger partial charge in [0.25, 0.3) is 5.91 Å². The molecule has 26 heavy (non-hydrogen) atoms. The number of rotatable bonds is 4. The number of Topliss-reactive ketones (excluding diaryl/α,β-unsaturated/α-hetero) is 1. The number of ketones is 1. The molecule has 5 nitrogen and oxygen atoms in total. The number of methoxy groups -OCH3 is 1. The second kappa shape index (κ2) is 5.97. The molecule has 0 saturated heterocycles. The van der Waals surface area contributed by atoms with E-state index in [9.17, 15) is 14.7 Å². The molecule has 130 valence electrons. The molecule has 3 aromatic rings. The van der Waals surface area contributed by atoms with Crippen LogP contribution in [0.25, 0.3) is 10.8 Å². The van der Waals surface area contributed by atoms with Crippen molar-refractivity contribution in [3.05, 3.63) is 71.8 Å². The van der Waals surface area contributed by atoms with E-state index in [-0.39, 0.29) is 12.2 Å². The van der Waals surface area contributed by atoms with Crippen molar-refractivity contribution in [2.75, 3.05) is 12.4 Å². The molecule has 1 amide bonds. The van der Waals surface area contributed by atoms with Gasteiger partial charge in [-0.25, -0.2) is 0 Å². The van der Waals surface area contributed by atoms with Crippen molar-refractivity contribution in [3.63, 3.8) is 0 Å². The quantitative estimate of drug-likeness (QED) is 0.710. The maximum Gasteiger partial charge on any atom is 0.261 e. The number of benzene rings is 3. The summed E-state index contributed by atoms with van der Waals surface area (Å²) in [6.45, 7) is 0. The normalized spacial score (nSPS) is 18.5. The molecule has 1 heterocycles. The fraction of sp³-hybridized carbons (Fsp3) is 0.143. The van der Waals surface area contributed by atoms with Gasteiger partial charge in [-0.15, -0.1) is 0 Å². The Morgan fingerprint density at radius 3 is 2.62 bits per heavy atom. The molecule has 1 aliphatic rings. The van der Waals surface area contributed by atoms with Gasteiger partial charge in [0.05, 0.1) is 13.5 Å². The molecule has 0 saturated carbocycles. The van der Waals surface area contributed by atoms with Crippen LogP contribution in [0.4, 0.5) is 5.69 Å². The lowest BCUT2D eigenvalue weighted by atomic mass is 9.87. The van der Waals surface area contributed by atoms with Crippen molar-refractivity contribution < 1.29 is 19.4 Å². The van der Waals surface area contributed by atoms with Crippen LogP contribution in [0, 0.1) is 0 Å².